The number of anilines is 1. The average molecular weight is 492 g/mol. The van der Waals surface area contributed by atoms with E-state index in [1.165, 1.54) is 16.8 Å². The van der Waals surface area contributed by atoms with E-state index >= 15 is 0 Å². The molecule has 0 spiro atoms. The Labute approximate surface area is 214 Å². The van der Waals surface area contributed by atoms with Crippen LogP contribution in [0.3, 0.4) is 0 Å². The van der Waals surface area contributed by atoms with Crippen LogP contribution in [0.4, 0.5) is 10.5 Å². The largest absolute Gasteiger partial charge is 0.466 e. The first-order valence-corrected chi connectivity index (χ1v) is 13.4. The summed E-state index contributed by atoms with van der Waals surface area (Å²) in [6.07, 6.45) is 3.08. The summed E-state index contributed by atoms with van der Waals surface area (Å²) in [6, 6.07) is 16.8. The number of ether oxygens (including phenoxy) is 2. The Kier molecular flexibility index (Phi) is 7.75. The number of carbonyl (C=O) groups is 2. The predicted octanol–water partition coefficient (Wildman–Crippen LogP) is 4.72. The number of likely N-dealkylation sites (tertiary alicyclic amines) is 1. The number of benzene rings is 2. The minimum atomic E-state index is -0.216. The third kappa shape index (κ3) is 5.51. The van der Waals surface area contributed by atoms with E-state index < -0.39 is 0 Å². The molecule has 0 saturated carbocycles. The molecular weight excluding hydrogens is 454 g/mol. The van der Waals surface area contributed by atoms with E-state index in [2.05, 4.69) is 28.0 Å². The minimum Gasteiger partial charge on any atom is -0.466 e. The third-order valence-electron chi connectivity index (χ3n) is 7.75. The number of carbonyl (C=O) groups excluding carboxylic acids is 2. The van der Waals surface area contributed by atoms with Gasteiger partial charge in [-0.1, -0.05) is 43.3 Å². The number of piperidine rings is 1. The highest BCUT2D eigenvalue weighted by Gasteiger charge is 2.41. The number of esters is 1. The quantitative estimate of drug-likeness (QED) is 0.498. The Balaban J connectivity index is 1.18. The van der Waals surface area contributed by atoms with Crippen molar-refractivity contribution in [2.75, 3.05) is 50.8 Å². The summed E-state index contributed by atoms with van der Waals surface area (Å²) in [4.78, 5) is 31.5. The molecule has 0 N–H and O–H groups in total. The zero-order valence-electron chi connectivity index (χ0n) is 21.2. The van der Waals surface area contributed by atoms with Crippen molar-refractivity contribution in [3.63, 3.8) is 0 Å². The minimum absolute atomic E-state index is 0.0948. The number of fused-ring (bicyclic) bond motifs is 5. The van der Waals surface area contributed by atoms with Crippen molar-refractivity contribution in [3.05, 3.63) is 65.2 Å². The van der Waals surface area contributed by atoms with Gasteiger partial charge < -0.3 is 19.3 Å². The Hall–Kier alpha value is -3.06. The molecule has 0 unspecified atom stereocenters. The van der Waals surface area contributed by atoms with Gasteiger partial charge >= 0.3 is 12.1 Å². The van der Waals surface area contributed by atoms with Gasteiger partial charge in [-0.2, -0.15) is 0 Å². The van der Waals surface area contributed by atoms with Gasteiger partial charge in [-0.05, 0) is 54.0 Å². The lowest BCUT2D eigenvalue weighted by Gasteiger charge is -2.36. The second-order valence-electron chi connectivity index (χ2n) is 10.1. The molecule has 2 saturated heterocycles. The maximum absolute atomic E-state index is 13.0. The molecule has 3 aliphatic rings. The molecule has 2 aromatic carbocycles. The number of hydrogen-bond acceptors (Lipinski definition) is 6. The van der Waals surface area contributed by atoms with Gasteiger partial charge in [-0.25, -0.2) is 4.79 Å². The van der Waals surface area contributed by atoms with E-state index in [4.69, 9.17) is 9.47 Å². The fraction of sp³-hybridized carbons (Fsp3) is 0.517. The molecular formula is C29H37N3O4. The molecule has 2 heterocycles. The first kappa shape index (κ1) is 24.6. The SMILES string of the molecule is CCCOC(=O)CCN1CCN(c2ccc3c(c2)[C@H]2C[C@H]3CCN2C(=O)OCc2ccccc2)CC1. The summed E-state index contributed by atoms with van der Waals surface area (Å²) < 4.78 is 10.9. The van der Waals surface area contributed by atoms with Crippen molar-refractivity contribution in [2.45, 2.75) is 51.2 Å². The van der Waals surface area contributed by atoms with Crippen molar-refractivity contribution in [1.82, 2.24) is 9.80 Å². The molecule has 7 heteroatoms. The van der Waals surface area contributed by atoms with Crippen molar-refractivity contribution >= 4 is 17.7 Å². The Morgan fingerprint density at radius 1 is 0.944 bits per heavy atom. The average Bonchev–Trinajstić information content (AvgIpc) is 3.21. The Morgan fingerprint density at radius 2 is 1.75 bits per heavy atom. The van der Waals surface area contributed by atoms with E-state index in [1.807, 2.05) is 42.2 Å². The molecule has 2 fully saturated rings. The zero-order chi connectivity index (χ0) is 24.9. The van der Waals surface area contributed by atoms with E-state index in [9.17, 15) is 9.59 Å². The van der Waals surface area contributed by atoms with Crippen LogP contribution < -0.4 is 4.90 Å². The third-order valence-corrected chi connectivity index (χ3v) is 7.75. The number of hydrogen-bond donors (Lipinski definition) is 0. The maximum atomic E-state index is 13.0. The van der Waals surface area contributed by atoms with Gasteiger partial charge in [-0.15, -0.1) is 0 Å². The summed E-state index contributed by atoms with van der Waals surface area (Å²) in [5.74, 6) is 0.428. The Morgan fingerprint density at radius 3 is 2.53 bits per heavy atom. The van der Waals surface area contributed by atoms with Gasteiger partial charge in [-0.3, -0.25) is 9.69 Å². The summed E-state index contributed by atoms with van der Waals surface area (Å²) in [5.41, 5.74) is 4.91. The van der Waals surface area contributed by atoms with Crippen LogP contribution in [-0.4, -0.2) is 67.7 Å². The van der Waals surface area contributed by atoms with Gasteiger partial charge in [0.25, 0.3) is 0 Å². The lowest BCUT2D eigenvalue weighted by atomic mass is 9.96. The van der Waals surface area contributed by atoms with Crippen LogP contribution in [0.25, 0.3) is 0 Å². The molecule has 2 bridgehead atoms. The lowest BCUT2D eigenvalue weighted by molar-refractivity contribution is -0.144. The van der Waals surface area contributed by atoms with Gasteiger partial charge in [0.05, 0.1) is 19.1 Å². The molecule has 1 aliphatic carbocycles. The standard InChI is InChI=1S/C29H37N3O4/c1-2-18-35-28(33)11-12-30-14-16-31(17-15-30)24-8-9-25-23-10-13-32(27(19-23)26(25)20-24)29(34)36-21-22-6-4-3-5-7-22/h3-9,20,23,27H,2,10-19,21H2,1H3/t23-,27-/m1/s1. The second-order valence-corrected chi connectivity index (χ2v) is 10.1. The van der Waals surface area contributed by atoms with E-state index in [0.717, 1.165) is 64.1 Å². The molecule has 2 aliphatic heterocycles. The monoisotopic (exact) mass is 491 g/mol. The van der Waals surface area contributed by atoms with Crippen molar-refractivity contribution in [1.29, 1.82) is 0 Å². The van der Waals surface area contributed by atoms with Crippen LogP contribution in [0, 0.1) is 0 Å². The highest BCUT2D eigenvalue weighted by molar-refractivity contribution is 5.70. The van der Waals surface area contributed by atoms with Gasteiger partial charge in [0.2, 0.25) is 0 Å². The number of nitrogens with zero attached hydrogens (tertiary/aromatic N) is 3. The van der Waals surface area contributed by atoms with Crippen LogP contribution in [0.15, 0.2) is 48.5 Å². The fourth-order valence-electron chi connectivity index (χ4n) is 5.75. The maximum Gasteiger partial charge on any atom is 0.410 e. The van der Waals surface area contributed by atoms with Crippen LogP contribution in [-0.2, 0) is 20.9 Å². The van der Waals surface area contributed by atoms with E-state index in [1.54, 1.807) is 0 Å². The topological polar surface area (TPSA) is 62.3 Å². The van der Waals surface area contributed by atoms with Crippen LogP contribution in [0.1, 0.15) is 61.3 Å². The molecule has 7 nitrogen and oxygen atoms in total. The Bertz CT molecular complexity index is 1050. The first-order valence-electron chi connectivity index (χ1n) is 13.4. The molecule has 2 aromatic rings. The molecule has 2 atom stereocenters. The number of rotatable bonds is 8. The summed E-state index contributed by atoms with van der Waals surface area (Å²) in [6.45, 7) is 8.04. The molecule has 5 rings (SSSR count). The normalized spacial score (nSPS) is 21.2. The molecule has 192 valence electrons. The van der Waals surface area contributed by atoms with Gasteiger partial charge in [0.1, 0.15) is 6.61 Å². The van der Waals surface area contributed by atoms with E-state index in [-0.39, 0.29) is 18.1 Å². The zero-order valence-corrected chi connectivity index (χ0v) is 21.2. The van der Waals surface area contributed by atoms with Crippen LogP contribution in [0.5, 0.6) is 0 Å². The first-order chi connectivity index (χ1) is 17.6. The molecule has 0 aromatic heterocycles. The fourth-order valence-corrected chi connectivity index (χ4v) is 5.75. The lowest BCUT2D eigenvalue weighted by Crippen LogP contribution is -2.47. The number of amides is 1. The molecule has 36 heavy (non-hydrogen) atoms. The number of piperazine rings is 1. The smallest absolute Gasteiger partial charge is 0.410 e. The summed E-state index contributed by atoms with van der Waals surface area (Å²) >= 11 is 0. The molecule has 0 radical (unpaired) electrons. The van der Waals surface area contributed by atoms with Crippen LogP contribution in [0.2, 0.25) is 0 Å². The van der Waals surface area contributed by atoms with Gasteiger partial charge in [0.15, 0.2) is 0 Å². The summed E-state index contributed by atoms with van der Waals surface area (Å²) in [5, 5.41) is 0. The van der Waals surface area contributed by atoms with Crippen molar-refractivity contribution in [2.24, 2.45) is 0 Å². The summed E-state index contributed by atoms with van der Waals surface area (Å²) in [7, 11) is 0. The highest BCUT2D eigenvalue weighted by atomic mass is 16.6. The second kappa shape index (κ2) is 11.3. The van der Waals surface area contributed by atoms with Crippen LogP contribution >= 0.6 is 0 Å². The van der Waals surface area contributed by atoms with Gasteiger partial charge in [0, 0.05) is 45.0 Å². The van der Waals surface area contributed by atoms with E-state index in [0.29, 0.717) is 25.6 Å². The molecule has 1 amide bonds. The van der Waals surface area contributed by atoms with Crippen molar-refractivity contribution < 1.29 is 19.1 Å². The predicted molar refractivity (Wildman–Crippen MR) is 139 cm³/mol. The van der Waals surface area contributed by atoms with Crippen molar-refractivity contribution in [3.8, 4) is 0 Å². The highest BCUT2D eigenvalue weighted by Crippen LogP contribution is 2.50.